The highest BCUT2D eigenvalue weighted by Gasteiger charge is 2.20. The Bertz CT molecular complexity index is 518. The first kappa shape index (κ1) is 23.0. The highest BCUT2D eigenvalue weighted by molar-refractivity contribution is 14.0. The molecule has 1 saturated carbocycles. The van der Waals surface area contributed by atoms with Crippen LogP contribution in [0.5, 0.6) is 5.75 Å². The molecule has 0 spiro atoms. The Labute approximate surface area is 175 Å². The van der Waals surface area contributed by atoms with E-state index in [1.807, 2.05) is 12.1 Å². The van der Waals surface area contributed by atoms with Gasteiger partial charge >= 0.3 is 0 Å². The van der Waals surface area contributed by atoms with Crippen molar-refractivity contribution in [2.24, 2.45) is 10.9 Å². The monoisotopic (exact) mass is 475 g/mol. The topological polar surface area (TPSA) is 54.9 Å². The van der Waals surface area contributed by atoms with Crippen molar-refractivity contribution in [3.8, 4) is 5.75 Å². The van der Waals surface area contributed by atoms with Crippen molar-refractivity contribution < 1.29 is 9.47 Å². The molecule has 1 aliphatic carbocycles. The standard InChI is InChI=1S/C20H33N3O2.HI/c1-4-21-20(23-13-14-25-15-17-5-6-17)22-12-11-16(2)18-7-9-19(24-3)10-8-18;/h7-10,16-17H,4-6,11-15H2,1-3H3,(H2,21,22,23);1H. The predicted octanol–water partition coefficient (Wildman–Crippen LogP) is 3.79. The number of hydrogen-bond acceptors (Lipinski definition) is 3. The van der Waals surface area contributed by atoms with Crippen molar-refractivity contribution in [2.45, 2.75) is 39.0 Å². The lowest BCUT2D eigenvalue weighted by molar-refractivity contribution is 0.129. The molecule has 0 aromatic heterocycles. The zero-order valence-electron chi connectivity index (χ0n) is 16.3. The van der Waals surface area contributed by atoms with E-state index in [1.165, 1.54) is 18.4 Å². The third-order valence-electron chi connectivity index (χ3n) is 4.45. The highest BCUT2D eigenvalue weighted by Crippen LogP contribution is 2.28. The van der Waals surface area contributed by atoms with E-state index in [9.17, 15) is 0 Å². The minimum absolute atomic E-state index is 0. The summed E-state index contributed by atoms with van der Waals surface area (Å²) in [6, 6.07) is 8.30. The first-order valence-corrected chi connectivity index (χ1v) is 9.46. The summed E-state index contributed by atoms with van der Waals surface area (Å²) in [6.45, 7) is 8.43. The van der Waals surface area contributed by atoms with Crippen LogP contribution in [0.25, 0.3) is 0 Å². The van der Waals surface area contributed by atoms with Gasteiger partial charge in [-0.3, -0.25) is 4.99 Å². The molecule has 1 aromatic carbocycles. The zero-order valence-corrected chi connectivity index (χ0v) is 18.6. The first-order valence-electron chi connectivity index (χ1n) is 9.46. The number of nitrogens with one attached hydrogen (secondary N) is 2. The molecule has 2 rings (SSSR count). The highest BCUT2D eigenvalue weighted by atomic mass is 127. The minimum atomic E-state index is 0. The number of halogens is 1. The second kappa shape index (κ2) is 13.2. The van der Waals surface area contributed by atoms with E-state index in [1.54, 1.807) is 7.11 Å². The van der Waals surface area contributed by atoms with E-state index in [-0.39, 0.29) is 24.0 Å². The van der Waals surface area contributed by atoms with Crippen LogP contribution in [0.2, 0.25) is 0 Å². The van der Waals surface area contributed by atoms with Gasteiger partial charge in [0.05, 0.1) is 13.7 Å². The van der Waals surface area contributed by atoms with Gasteiger partial charge in [-0.05, 0) is 55.7 Å². The Morgan fingerprint density at radius 2 is 1.96 bits per heavy atom. The lowest BCUT2D eigenvalue weighted by Gasteiger charge is -2.13. The molecule has 1 fully saturated rings. The second-order valence-electron chi connectivity index (χ2n) is 6.67. The van der Waals surface area contributed by atoms with Gasteiger partial charge in [0.1, 0.15) is 5.75 Å². The van der Waals surface area contributed by atoms with Gasteiger partial charge in [-0.25, -0.2) is 0 Å². The number of ether oxygens (including phenoxy) is 2. The van der Waals surface area contributed by atoms with Crippen LogP contribution in [0.1, 0.15) is 44.6 Å². The quantitative estimate of drug-likeness (QED) is 0.221. The number of guanidine groups is 1. The Hall–Kier alpha value is -1.02. The molecule has 1 atom stereocenters. The maximum absolute atomic E-state index is 5.65. The number of nitrogens with zero attached hydrogens (tertiary/aromatic N) is 1. The molecule has 1 unspecified atom stereocenters. The summed E-state index contributed by atoms with van der Waals surface area (Å²) in [5.74, 6) is 3.07. The maximum atomic E-state index is 5.65. The lowest BCUT2D eigenvalue weighted by Crippen LogP contribution is -2.39. The molecule has 0 aliphatic heterocycles. The van der Waals surface area contributed by atoms with Crippen molar-refractivity contribution in [2.75, 3.05) is 40.0 Å². The van der Waals surface area contributed by atoms with Crippen molar-refractivity contribution in [1.29, 1.82) is 0 Å². The number of hydrogen-bond donors (Lipinski definition) is 2. The summed E-state index contributed by atoms with van der Waals surface area (Å²) < 4.78 is 10.9. The Morgan fingerprint density at radius 1 is 1.23 bits per heavy atom. The first-order chi connectivity index (χ1) is 12.2. The number of methoxy groups -OCH3 is 1. The number of benzene rings is 1. The second-order valence-corrected chi connectivity index (χ2v) is 6.67. The van der Waals surface area contributed by atoms with Gasteiger partial charge in [-0.15, -0.1) is 24.0 Å². The smallest absolute Gasteiger partial charge is 0.191 e. The normalized spacial score (nSPS) is 15.1. The van der Waals surface area contributed by atoms with Gasteiger partial charge in [0, 0.05) is 26.2 Å². The van der Waals surface area contributed by atoms with E-state index in [0.29, 0.717) is 5.92 Å². The zero-order chi connectivity index (χ0) is 17.9. The van der Waals surface area contributed by atoms with Crippen LogP contribution < -0.4 is 15.4 Å². The van der Waals surface area contributed by atoms with Crippen molar-refractivity contribution in [3.05, 3.63) is 29.8 Å². The maximum Gasteiger partial charge on any atom is 0.191 e. The van der Waals surface area contributed by atoms with Crippen LogP contribution in [0.4, 0.5) is 0 Å². The average Bonchev–Trinajstić information content (AvgIpc) is 3.45. The molecule has 6 heteroatoms. The van der Waals surface area contributed by atoms with E-state index in [2.05, 4.69) is 41.6 Å². The molecule has 148 valence electrons. The van der Waals surface area contributed by atoms with Gasteiger partial charge in [-0.2, -0.15) is 0 Å². The fourth-order valence-electron chi connectivity index (χ4n) is 2.59. The molecule has 0 bridgehead atoms. The lowest BCUT2D eigenvalue weighted by atomic mass is 9.98. The molecule has 2 N–H and O–H groups in total. The van der Waals surface area contributed by atoms with Crippen LogP contribution in [0.3, 0.4) is 0 Å². The molecule has 5 nitrogen and oxygen atoms in total. The van der Waals surface area contributed by atoms with Gasteiger partial charge in [0.15, 0.2) is 5.96 Å². The summed E-state index contributed by atoms with van der Waals surface area (Å²) in [5.41, 5.74) is 1.32. The molecule has 1 aromatic rings. The molecule has 0 saturated heterocycles. The molecular formula is C20H34IN3O2. The van der Waals surface area contributed by atoms with Gasteiger partial charge < -0.3 is 20.1 Å². The summed E-state index contributed by atoms with van der Waals surface area (Å²) in [7, 11) is 1.69. The van der Waals surface area contributed by atoms with Gasteiger partial charge in [-0.1, -0.05) is 19.1 Å². The van der Waals surface area contributed by atoms with Crippen LogP contribution in [0.15, 0.2) is 29.3 Å². The van der Waals surface area contributed by atoms with Crippen LogP contribution in [0, 0.1) is 5.92 Å². The van der Waals surface area contributed by atoms with Crippen molar-refractivity contribution in [1.82, 2.24) is 10.6 Å². The van der Waals surface area contributed by atoms with Crippen LogP contribution in [-0.4, -0.2) is 45.9 Å². The summed E-state index contributed by atoms with van der Waals surface area (Å²) >= 11 is 0. The predicted molar refractivity (Wildman–Crippen MR) is 119 cm³/mol. The fraction of sp³-hybridized carbons (Fsp3) is 0.650. The Balaban J connectivity index is 0.00000338. The largest absolute Gasteiger partial charge is 0.497 e. The molecular weight excluding hydrogens is 441 g/mol. The van der Waals surface area contributed by atoms with Crippen LogP contribution >= 0.6 is 24.0 Å². The van der Waals surface area contributed by atoms with E-state index in [0.717, 1.165) is 56.9 Å². The van der Waals surface area contributed by atoms with Crippen LogP contribution in [-0.2, 0) is 4.74 Å². The molecule has 0 heterocycles. The molecule has 0 amide bonds. The molecule has 1 aliphatic rings. The third kappa shape index (κ3) is 9.07. The fourth-order valence-corrected chi connectivity index (χ4v) is 2.59. The Morgan fingerprint density at radius 3 is 2.58 bits per heavy atom. The minimum Gasteiger partial charge on any atom is -0.497 e. The van der Waals surface area contributed by atoms with E-state index < -0.39 is 0 Å². The average molecular weight is 475 g/mol. The summed E-state index contributed by atoms with van der Waals surface area (Å²) in [4.78, 5) is 4.67. The van der Waals surface area contributed by atoms with Gasteiger partial charge in [0.2, 0.25) is 0 Å². The number of rotatable bonds is 11. The summed E-state index contributed by atoms with van der Waals surface area (Å²) in [6.07, 6.45) is 3.69. The molecule has 0 radical (unpaired) electrons. The van der Waals surface area contributed by atoms with E-state index in [4.69, 9.17) is 9.47 Å². The van der Waals surface area contributed by atoms with Crippen molar-refractivity contribution >= 4 is 29.9 Å². The van der Waals surface area contributed by atoms with Crippen molar-refractivity contribution in [3.63, 3.8) is 0 Å². The third-order valence-corrected chi connectivity index (χ3v) is 4.45. The number of aliphatic imine (C=N–C) groups is 1. The summed E-state index contributed by atoms with van der Waals surface area (Å²) in [5, 5.41) is 6.63. The SMILES string of the molecule is CCNC(=NCCC(C)c1ccc(OC)cc1)NCCOCC1CC1.I. The Kier molecular flexibility index (Phi) is 11.7. The van der Waals surface area contributed by atoms with E-state index >= 15 is 0 Å². The molecule has 26 heavy (non-hydrogen) atoms. The van der Waals surface area contributed by atoms with Gasteiger partial charge in [0.25, 0.3) is 0 Å².